The normalized spacial score (nSPS) is 15.5. The highest BCUT2D eigenvalue weighted by Gasteiger charge is 2.23. The number of nitrogens with one attached hydrogen (secondary N) is 1. The molecule has 9 heteroatoms. The molecular weight excluding hydrogens is 527 g/mol. The molecule has 0 radical (unpaired) electrons. The number of hydrogen-bond donors (Lipinski definition) is 2. The smallest absolute Gasteiger partial charge is 0.268 e. The van der Waals surface area contributed by atoms with Crippen molar-refractivity contribution in [3.8, 4) is 0 Å². The zero-order valence-corrected chi connectivity index (χ0v) is 27.2. The first kappa shape index (κ1) is 39.0. The summed E-state index contributed by atoms with van der Waals surface area (Å²) in [5.41, 5.74) is 0. The average Bonchev–Trinajstić information content (AvgIpc) is 2.88. The lowest BCUT2D eigenvalue weighted by Crippen LogP contribution is -2.45. The average molecular weight is 589 g/mol. The van der Waals surface area contributed by atoms with Gasteiger partial charge in [-0.25, -0.2) is 0 Å². The third kappa shape index (κ3) is 25.9. The van der Waals surface area contributed by atoms with E-state index in [4.69, 9.17) is 9.05 Å². The van der Waals surface area contributed by atoms with Gasteiger partial charge in [0.15, 0.2) is 0 Å². The molecule has 0 bridgehead atoms. The molecule has 0 saturated carbocycles. The van der Waals surface area contributed by atoms with Gasteiger partial charge in [-0.2, -0.15) is 0 Å². The Bertz CT molecular complexity index is 723. The van der Waals surface area contributed by atoms with E-state index in [2.05, 4.69) is 31.3 Å². The summed E-state index contributed by atoms with van der Waals surface area (Å²) in [6.45, 7) is 4.49. The highest BCUT2D eigenvalue weighted by atomic mass is 31.2. The molecule has 0 aliphatic carbocycles. The van der Waals surface area contributed by atoms with E-state index < -0.39 is 20.0 Å². The Morgan fingerprint density at radius 3 is 2.02 bits per heavy atom. The van der Waals surface area contributed by atoms with E-state index >= 15 is 0 Å². The predicted octanol–water partition coefficient (Wildman–Crippen LogP) is 6.43. The monoisotopic (exact) mass is 588 g/mol. The third-order valence-electron chi connectivity index (χ3n) is 6.66. The van der Waals surface area contributed by atoms with Crippen LogP contribution < -0.4 is 10.2 Å². The molecule has 3 unspecified atom stereocenters. The molecule has 0 heterocycles. The van der Waals surface area contributed by atoms with Crippen LogP contribution >= 0.6 is 7.82 Å². The lowest BCUT2D eigenvalue weighted by atomic mass is 10.1. The van der Waals surface area contributed by atoms with Gasteiger partial charge in [0.2, 0.25) is 5.91 Å². The van der Waals surface area contributed by atoms with E-state index in [1.807, 2.05) is 27.2 Å². The first-order valence-corrected chi connectivity index (χ1v) is 17.2. The van der Waals surface area contributed by atoms with Crippen molar-refractivity contribution in [2.45, 2.75) is 129 Å². The number of nitrogens with zero attached hydrogens (tertiary/aromatic N) is 1. The molecule has 0 aromatic rings. The molecular formula is C31H61N2O6P. The maximum atomic E-state index is 12.6. The number of phosphoric acid groups is 1. The van der Waals surface area contributed by atoms with Crippen molar-refractivity contribution >= 4 is 13.7 Å². The molecule has 2 N–H and O–H groups in total. The van der Waals surface area contributed by atoms with Crippen LogP contribution in [0.2, 0.25) is 0 Å². The van der Waals surface area contributed by atoms with E-state index in [1.165, 1.54) is 32.1 Å². The zero-order valence-electron chi connectivity index (χ0n) is 26.3. The Balaban J connectivity index is 4.64. The van der Waals surface area contributed by atoms with Crippen LogP contribution in [0.5, 0.6) is 0 Å². The van der Waals surface area contributed by atoms with Crippen molar-refractivity contribution in [2.75, 3.05) is 40.9 Å². The van der Waals surface area contributed by atoms with E-state index in [0.717, 1.165) is 64.2 Å². The minimum Gasteiger partial charge on any atom is -0.756 e. The molecule has 0 saturated heterocycles. The summed E-state index contributed by atoms with van der Waals surface area (Å²) in [6, 6.07) is -0.882. The van der Waals surface area contributed by atoms with Crippen molar-refractivity contribution in [1.82, 2.24) is 5.32 Å². The number of phosphoric ester groups is 1. The van der Waals surface area contributed by atoms with Gasteiger partial charge in [-0.1, -0.05) is 95.9 Å². The van der Waals surface area contributed by atoms with Gasteiger partial charge in [-0.3, -0.25) is 9.36 Å². The molecule has 0 aliphatic heterocycles. The van der Waals surface area contributed by atoms with Gasteiger partial charge >= 0.3 is 0 Å². The molecule has 40 heavy (non-hydrogen) atoms. The predicted molar refractivity (Wildman–Crippen MR) is 164 cm³/mol. The molecule has 236 valence electrons. The van der Waals surface area contributed by atoms with Crippen molar-refractivity contribution in [3.63, 3.8) is 0 Å². The van der Waals surface area contributed by atoms with E-state index in [0.29, 0.717) is 17.4 Å². The van der Waals surface area contributed by atoms with Gasteiger partial charge in [0.1, 0.15) is 13.2 Å². The lowest BCUT2D eigenvalue weighted by Gasteiger charge is -2.29. The highest BCUT2D eigenvalue weighted by molar-refractivity contribution is 7.45. The number of aliphatic hydroxyl groups excluding tert-OH is 1. The topological polar surface area (TPSA) is 108 Å². The number of carbonyl (C=O) groups is 1. The number of quaternary nitrogens is 1. The molecule has 0 fully saturated rings. The van der Waals surface area contributed by atoms with Crippen LogP contribution in [0.1, 0.15) is 117 Å². The first-order chi connectivity index (χ1) is 19.0. The van der Waals surface area contributed by atoms with Crippen LogP contribution in [-0.2, 0) is 18.4 Å². The number of amides is 1. The Morgan fingerprint density at radius 1 is 0.850 bits per heavy atom. The molecule has 8 nitrogen and oxygen atoms in total. The van der Waals surface area contributed by atoms with Crippen LogP contribution in [0.3, 0.4) is 0 Å². The number of carbonyl (C=O) groups excluding carboxylic acids is 1. The highest BCUT2D eigenvalue weighted by Crippen LogP contribution is 2.38. The molecule has 0 aromatic heterocycles. The van der Waals surface area contributed by atoms with Gasteiger partial charge < -0.3 is 28.8 Å². The largest absolute Gasteiger partial charge is 0.756 e. The van der Waals surface area contributed by atoms with Gasteiger partial charge in [0, 0.05) is 6.42 Å². The van der Waals surface area contributed by atoms with Crippen molar-refractivity contribution in [3.05, 3.63) is 24.3 Å². The van der Waals surface area contributed by atoms with Crippen LogP contribution in [0.25, 0.3) is 0 Å². The summed E-state index contributed by atoms with van der Waals surface area (Å²) < 4.78 is 22.9. The first-order valence-electron chi connectivity index (χ1n) is 15.7. The standard InChI is InChI=1S/C31H61N2O6P/c1-6-8-10-12-14-15-16-17-19-21-23-25-31(35)32-29(30(34)24-22-20-18-13-11-9-7-2)28-39-40(36,37)38-27-26-33(3,4)5/h12,14,22,24,29-30,34H,6-11,13,15-21,23,25-28H2,1-5H3,(H-,32,35,36,37)/b14-12-,24-22+. The summed E-state index contributed by atoms with van der Waals surface area (Å²) >= 11 is 0. The summed E-state index contributed by atoms with van der Waals surface area (Å²) in [5, 5.41) is 13.5. The zero-order chi connectivity index (χ0) is 30.1. The Labute approximate surface area is 245 Å². The minimum atomic E-state index is -4.56. The van der Waals surface area contributed by atoms with Gasteiger partial charge in [-0.15, -0.1) is 0 Å². The van der Waals surface area contributed by atoms with Crippen LogP contribution in [-0.4, -0.2) is 68.5 Å². The van der Waals surface area contributed by atoms with Gasteiger partial charge in [-0.05, 0) is 38.5 Å². The lowest BCUT2D eigenvalue weighted by molar-refractivity contribution is -0.870. The Kier molecular flexibility index (Phi) is 23.9. The number of likely N-dealkylation sites (N-methyl/N-ethyl adjacent to an activating group) is 1. The minimum absolute atomic E-state index is 0.00304. The summed E-state index contributed by atoms with van der Waals surface area (Å²) in [4.78, 5) is 24.9. The number of rotatable bonds is 27. The molecule has 0 aliphatic rings. The maximum absolute atomic E-state index is 12.6. The van der Waals surface area contributed by atoms with Crippen LogP contribution in [0, 0.1) is 0 Å². The second kappa shape index (κ2) is 24.6. The number of allylic oxidation sites excluding steroid dienone is 3. The Hall–Kier alpha value is -1.02. The third-order valence-corrected chi connectivity index (χ3v) is 7.62. The summed E-state index contributed by atoms with van der Waals surface area (Å²) in [6.07, 6.45) is 23.8. The van der Waals surface area contributed by atoms with Crippen molar-refractivity contribution in [2.24, 2.45) is 0 Å². The van der Waals surface area contributed by atoms with Crippen molar-refractivity contribution < 1.29 is 32.9 Å². The van der Waals surface area contributed by atoms with Gasteiger partial charge in [0.05, 0.1) is 39.9 Å². The number of unbranched alkanes of at least 4 members (excludes halogenated alkanes) is 12. The van der Waals surface area contributed by atoms with E-state index in [-0.39, 0.29) is 19.1 Å². The second-order valence-corrected chi connectivity index (χ2v) is 13.2. The molecule has 0 aromatic carbocycles. The SMILES string of the molecule is CCCC/C=C\CCCCCCCC(=O)NC(COP(=O)([O-])OCC[N+](C)(C)C)C(O)/C=C/CCCCCCC. The fraction of sp³-hybridized carbons (Fsp3) is 0.839. The fourth-order valence-corrected chi connectivity index (χ4v) is 4.73. The maximum Gasteiger partial charge on any atom is 0.268 e. The van der Waals surface area contributed by atoms with Crippen molar-refractivity contribution in [1.29, 1.82) is 0 Å². The second-order valence-electron chi connectivity index (χ2n) is 11.8. The fourth-order valence-electron chi connectivity index (χ4n) is 4.01. The van der Waals surface area contributed by atoms with Crippen LogP contribution in [0.15, 0.2) is 24.3 Å². The number of hydrogen-bond acceptors (Lipinski definition) is 6. The molecule has 0 spiro atoms. The van der Waals surface area contributed by atoms with E-state index in [9.17, 15) is 19.4 Å². The quantitative estimate of drug-likeness (QED) is 0.0495. The molecule has 1 amide bonds. The van der Waals surface area contributed by atoms with Gasteiger partial charge in [0.25, 0.3) is 7.82 Å². The number of aliphatic hydroxyl groups is 1. The Morgan fingerprint density at radius 2 is 1.40 bits per heavy atom. The summed E-state index contributed by atoms with van der Waals surface area (Å²) in [7, 11) is 1.24. The molecule has 3 atom stereocenters. The summed E-state index contributed by atoms with van der Waals surface area (Å²) in [5.74, 6) is -0.217. The molecule has 0 rings (SSSR count). The van der Waals surface area contributed by atoms with E-state index in [1.54, 1.807) is 6.08 Å². The van der Waals surface area contributed by atoms with Crippen LogP contribution in [0.4, 0.5) is 0 Å².